The number of carbonyl (C=O) groups excluding carboxylic acids is 2. The van der Waals surface area contributed by atoms with E-state index in [1.165, 1.54) is 11.0 Å². The number of para-hydroxylation sites is 2. The number of nitrogens with zero attached hydrogens (tertiary/aromatic N) is 1. The quantitative estimate of drug-likeness (QED) is 0.631. The van der Waals surface area contributed by atoms with Crippen molar-refractivity contribution in [1.29, 1.82) is 0 Å². The molecule has 2 amide bonds. The van der Waals surface area contributed by atoms with Gasteiger partial charge in [0.05, 0.1) is 5.69 Å². The first-order valence-corrected chi connectivity index (χ1v) is 6.48. The normalized spacial score (nSPS) is 10.0. The second kappa shape index (κ2) is 7.41. The van der Waals surface area contributed by atoms with E-state index in [2.05, 4.69) is 5.32 Å². The number of carbonyl (C=O) groups is 2. The van der Waals surface area contributed by atoms with E-state index < -0.39 is 11.8 Å². The van der Waals surface area contributed by atoms with E-state index in [4.69, 9.17) is 0 Å². The van der Waals surface area contributed by atoms with Gasteiger partial charge in [-0.05, 0) is 25.0 Å². The average molecular weight is 264 g/mol. The van der Waals surface area contributed by atoms with Crippen molar-refractivity contribution in [3.05, 3.63) is 24.3 Å². The van der Waals surface area contributed by atoms with Gasteiger partial charge in [-0.15, -0.1) is 0 Å². The molecular formula is C14H20N2O3. The first-order valence-electron chi connectivity index (χ1n) is 6.48. The van der Waals surface area contributed by atoms with Gasteiger partial charge in [-0.2, -0.15) is 0 Å². The monoisotopic (exact) mass is 264 g/mol. The third-order valence-corrected chi connectivity index (χ3v) is 2.62. The summed E-state index contributed by atoms with van der Waals surface area (Å²) in [6.45, 7) is 5.02. The zero-order valence-corrected chi connectivity index (χ0v) is 11.3. The van der Waals surface area contributed by atoms with Crippen LogP contribution in [0.5, 0.6) is 5.75 Å². The maximum Gasteiger partial charge on any atom is 0.314 e. The van der Waals surface area contributed by atoms with Crippen LogP contribution < -0.4 is 5.32 Å². The zero-order valence-electron chi connectivity index (χ0n) is 11.3. The Morgan fingerprint density at radius 2 is 1.74 bits per heavy atom. The van der Waals surface area contributed by atoms with Crippen molar-refractivity contribution in [3.63, 3.8) is 0 Å². The molecular weight excluding hydrogens is 244 g/mol. The van der Waals surface area contributed by atoms with E-state index in [1.54, 1.807) is 18.2 Å². The lowest BCUT2D eigenvalue weighted by Crippen LogP contribution is -2.40. The maximum atomic E-state index is 12.0. The molecule has 0 atom stereocenters. The van der Waals surface area contributed by atoms with Crippen LogP contribution in [0, 0.1) is 0 Å². The highest BCUT2D eigenvalue weighted by Gasteiger charge is 2.21. The van der Waals surface area contributed by atoms with Gasteiger partial charge in [0.25, 0.3) is 0 Å². The van der Waals surface area contributed by atoms with E-state index in [1.807, 2.05) is 13.8 Å². The molecule has 1 aromatic carbocycles. The predicted octanol–water partition coefficient (Wildman–Crippen LogP) is 1.98. The summed E-state index contributed by atoms with van der Waals surface area (Å²) < 4.78 is 0. The fourth-order valence-electron chi connectivity index (χ4n) is 1.75. The standard InChI is InChI=1S/C14H20N2O3/c1-3-9-16(10-4-2)14(19)13(18)15-11-7-5-6-8-12(11)17/h5-8,17H,3-4,9-10H2,1-2H3,(H,15,18). The van der Waals surface area contributed by atoms with Crippen molar-refractivity contribution in [3.8, 4) is 5.75 Å². The number of anilines is 1. The Morgan fingerprint density at radius 3 is 2.26 bits per heavy atom. The molecule has 0 heterocycles. The molecule has 0 aliphatic carbocycles. The third-order valence-electron chi connectivity index (χ3n) is 2.62. The number of rotatable bonds is 5. The predicted molar refractivity (Wildman–Crippen MR) is 73.9 cm³/mol. The second-order valence-electron chi connectivity index (χ2n) is 4.26. The lowest BCUT2D eigenvalue weighted by Gasteiger charge is -2.20. The van der Waals surface area contributed by atoms with Crippen LogP contribution in [0.25, 0.3) is 0 Å². The summed E-state index contributed by atoms with van der Waals surface area (Å²) in [5.74, 6) is -1.34. The molecule has 1 rings (SSSR count). The molecule has 0 saturated heterocycles. The summed E-state index contributed by atoms with van der Waals surface area (Å²) >= 11 is 0. The maximum absolute atomic E-state index is 12.0. The molecule has 5 heteroatoms. The van der Waals surface area contributed by atoms with Crippen LogP contribution in [0.3, 0.4) is 0 Å². The van der Waals surface area contributed by atoms with Gasteiger partial charge >= 0.3 is 11.8 Å². The second-order valence-corrected chi connectivity index (χ2v) is 4.26. The topological polar surface area (TPSA) is 69.6 Å². The van der Waals surface area contributed by atoms with Gasteiger partial charge in [0, 0.05) is 13.1 Å². The van der Waals surface area contributed by atoms with Crippen LogP contribution in [0.2, 0.25) is 0 Å². The van der Waals surface area contributed by atoms with E-state index in [-0.39, 0.29) is 11.4 Å². The van der Waals surface area contributed by atoms with Crippen LogP contribution in [-0.4, -0.2) is 34.9 Å². The van der Waals surface area contributed by atoms with Crippen LogP contribution in [-0.2, 0) is 9.59 Å². The average Bonchev–Trinajstić information content (AvgIpc) is 2.40. The summed E-state index contributed by atoms with van der Waals surface area (Å²) in [4.78, 5) is 25.3. The van der Waals surface area contributed by atoms with E-state index >= 15 is 0 Å². The minimum absolute atomic E-state index is 0.0545. The molecule has 0 saturated carbocycles. The lowest BCUT2D eigenvalue weighted by molar-refractivity contribution is -0.143. The van der Waals surface area contributed by atoms with Crippen molar-refractivity contribution in [2.75, 3.05) is 18.4 Å². The highest BCUT2D eigenvalue weighted by Crippen LogP contribution is 2.21. The highest BCUT2D eigenvalue weighted by atomic mass is 16.3. The number of hydrogen-bond donors (Lipinski definition) is 2. The number of phenols is 1. The molecule has 0 radical (unpaired) electrons. The molecule has 0 bridgehead atoms. The molecule has 0 spiro atoms. The number of hydrogen-bond acceptors (Lipinski definition) is 3. The number of benzene rings is 1. The molecule has 0 aromatic heterocycles. The lowest BCUT2D eigenvalue weighted by atomic mass is 10.3. The molecule has 0 unspecified atom stereocenters. The molecule has 2 N–H and O–H groups in total. The van der Waals surface area contributed by atoms with Crippen LogP contribution in [0.15, 0.2) is 24.3 Å². The SMILES string of the molecule is CCCN(CCC)C(=O)C(=O)Nc1ccccc1O. The van der Waals surface area contributed by atoms with Crippen molar-refractivity contribution in [2.24, 2.45) is 0 Å². The largest absolute Gasteiger partial charge is 0.506 e. The molecule has 104 valence electrons. The highest BCUT2D eigenvalue weighted by molar-refractivity contribution is 6.39. The smallest absolute Gasteiger partial charge is 0.314 e. The van der Waals surface area contributed by atoms with Crippen LogP contribution in [0.4, 0.5) is 5.69 Å². The fourth-order valence-corrected chi connectivity index (χ4v) is 1.75. The van der Waals surface area contributed by atoms with Gasteiger partial charge in [0.1, 0.15) is 5.75 Å². The van der Waals surface area contributed by atoms with Crippen LogP contribution >= 0.6 is 0 Å². The van der Waals surface area contributed by atoms with Crippen LogP contribution in [0.1, 0.15) is 26.7 Å². The van der Waals surface area contributed by atoms with Gasteiger partial charge in [-0.25, -0.2) is 0 Å². The van der Waals surface area contributed by atoms with E-state index in [0.717, 1.165) is 12.8 Å². The zero-order chi connectivity index (χ0) is 14.3. The number of nitrogens with one attached hydrogen (secondary N) is 1. The molecule has 0 aliphatic rings. The molecule has 1 aromatic rings. The minimum Gasteiger partial charge on any atom is -0.506 e. The fraction of sp³-hybridized carbons (Fsp3) is 0.429. The first-order chi connectivity index (χ1) is 9.10. The summed E-state index contributed by atoms with van der Waals surface area (Å²) in [7, 11) is 0. The molecule has 0 fully saturated rings. The van der Waals surface area contributed by atoms with E-state index in [9.17, 15) is 14.7 Å². The Balaban J connectivity index is 2.71. The van der Waals surface area contributed by atoms with Gasteiger partial charge in [0.2, 0.25) is 0 Å². The summed E-state index contributed by atoms with van der Waals surface area (Å²) in [6.07, 6.45) is 1.60. The van der Waals surface area contributed by atoms with Crippen molar-refractivity contribution >= 4 is 17.5 Å². The van der Waals surface area contributed by atoms with Gasteiger partial charge in [-0.1, -0.05) is 26.0 Å². The Labute approximate surface area is 113 Å². The van der Waals surface area contributed by atoms with Crippen molar-refractivity contribution in [1.82, 2.24) is 4.90 Å². The Hall–Kier alpha value is -2.04. The summed E-state index contributed by atoms with van der Waals surface area (Å²) in [5, 5.41) is 12.0. The Kier molecular flexibility index (Phi) is 5.85. The summed E-state index contributed by atoms with van der Waals surface area (Å²) in [6, 6.07) is 6.32. The number of phenolic OH excluding ortho intramolecular Hbond substituents is 1. The number of amides is 2. The number of aromatic hydroxyl groups is 1. The molecule has 19 heavy (non-hydrogen) atoms. The third kappa shape index (κ3) is 4.28. The van der Waals surface area contributed by atoms with Gasteiger partial charge < -0.3 is 15.3 Å². The molecule has 5 nitrogen and oxygen atoms in total. The Morgan fingerprint density at radius 1 is 1.16 bits per heavy atom. The van der Waals surface area contributed by atoms with Crippen molar-refractivity contribution < 1.29 is 14.7 Å². The Bertz CT molecular complexity index is 440. The molecule has 0 aliphatic heterocycles. The van der Waals surface area contributed by atoms with E-state index in [0.29, 0.717) is 13.1 Å². The van der Waals surface area contributed by atoms with Gasteiger partial charge in [-0.3, -0.25) is 9.59 Å². The summed E-state index contributed by atoms with van der Waals surface area (Å²) in [5.41, 5.74) is 0.244. The minimum atomic E-state index is -0.719. The van der Waals surface area contributed by atoms with Crippen molar-refractivity contribution in [2.45, 2.75) is 26.7 Å². The first kappa shape index (κ1) is 15.0. The van der Waals surface area contributed by atoms with Gasteiger partial charge in [0.15, 0.2) is 0 Å².